The quantitative estimate of drug-likeness (QED) is 0.137. The van der Waals surface area contributed by atoms with Gasteiger partial charge in [0.25, 0.3) is 0 Å². The Morgan fingerprint density at radius 3 is 0.844 bits per heavy atom. The third kappa shape index (κ3) is 6.01. The van der Waals surface area contributed by atoms with Crippen LogP contribution in [0.5, 0.6) is 0 Å². The molecule has 0 bridgehead atoms. The predicted molar refractivity (Wildman–Crippen MR) is 260 cm³/mol. The van der Waals surface area contributed by atoms with Crippen molar-refractivity contribution in [1.29, 1.82) is 0 Å². The molecule has 306 valence electrons. The molecule has 0 aliphatic rings. The fraction of sp³-hybridized carbons (Fsp3) is 0.111. The molecule has 12 aromatic rings. The Bertz CT molecular complexity index is 3380. The Morgan fingerprint density at radius 1 is 0.297 bits per heavy atom. The van der Waals surface area contributed by atoms with E-state index in [9.17, 15) is 0 Å². The largest absolute Gasteiger partial charge is 0.310 e. The molecule has 10 nitrogen and oxygen atoms in total. The van der Waals surface area contributed by atoms with Crippen LogP contribution in [0.4, 0.5) is 34.1 Å². The monoisotopic (exact) mass is 828 g/mol. The van der Waals surface area contributed by atoms with Gasteiger partial charge in [-0.25, -0.2) is 0 Å². The first-order valence-electron chi connectivity index (χ1n) is 21.6. The zero-order chi connectivity index (χ0) is 43.1. The van der Waals surface area contributed by atoms with Crippen LogP contribution in [-0.4, -0.2) is 39.9 Å². The number of rotatable bonds is 8. The fourth-order valence-corrected chi connectivity index (χ4v) is 9.55. The highest BCUT2D eigenvalue weighted by Gasteiger charge is 2.27. The van der Waals surface area contributed by atoms with Gasteiger partial charge in [-0.2, -0.15) is 0 Å². The van der Waals surface area contributed by atoms with Gasteiger partial charge in [0, 0.05) is 83.1 Å². The summed E-state index contributed by atoms with van der Waals surface area (Å²) >= 11 is 0. The highest BCUT2D eigenvalue weighted by atomic mass is 15.2. The Kier molecular flexibility index (Phi) is 8.62. The Balaban J connectivity index is 1.19. The third-order valence-corrected chi connectivity index (χ3v) is 12.5. The van der Waals surface area contributed by atoms with Gasteiger partial charge in [0.1, 0.15) is 0 Å². The second kappa shape index (κ2) is 14.7. The number of hydrogen-bond acceptors (Lipinski definition) is 10. The molecule has 0 aliphatic heterocycles. The minimum atomic E-state index is 0.216. The van der Waals surface area contributed by atoms with E-state index in [0.29, 0.717) is 0 Å². The average molecular weight is 829 g/mol. The molecular weight excluding hydrogens is 789 g/mol. The van der Waals surface area contributed by atoms with Crippen LogP contribution in [0.1, 0.15) is 50.7 Å². The van der Waals surface area contributed by atoms with Crippen LogP contribution in [0, 0.1) is 0 Å². The first kappa shape index (κ1) is 37.5. The number of fused-ring (bicyclic) bond motifs is 4. The molecule has 10 heteroatoms. The maximum absolute atomic E-state index is 4.74. The molecular formula is C54H40N10. The summed E-state index contributed by atoms with van der Waals surface area (Å²) in [6.45, 7) is 9.15. The average Bonchev–Trinajstić information content (AvgIpc) is 3.33. The lowest BCUT2D eigenvalue weighted by Crippen LogP contribution is -2.13. The topological polar surface area (TPSA) is 110 Å². The molecule has 64 heavy (non-hydrogen) atoms. The summed E-state index contributed by atoms with van der Waals surface area (Å²) in [7, 11) is 0. The molecule has 0 fully saturated rings. The maximum Gasteiger partial charge on any atom is 0.0907 e. The number of anilines is 6. The van der Waals surface area contributed by atoms with Crippen LogP contribution < -0.4 is 9.80 Å². The lowest BCUT2D eigenvalue weighted by atomic mass is 9.84. The summed E-state index contributed by atoms with van der Waals surface area (Å²) in [5.74, 6) is 0.432. The van der Waals surface area contributed by atoms with E-state index in [1.165, 1.54) is 32.7 Å². The van der Waals surface area contributed by atoms with Crippen molar-refractivity contribution in [1.82, 2.24) is 39.9 Å². The summed E-state index contributed by atoms with van der Waals surface area (Å²) in [5.41, 5.74) is 15.1. The summed E-state index contributed by atoms with van der Waals surface area (Å²) in [6, 6.07) is 39.4. The summed E-state index contributed by atoms with van der Waals surface area (Å²) in [6.07, 6.45) is 13.9. The molecule has 0 N–H and O–H groups in total. The zero-order valence-electron chi connectivity index (χ0n) is 35.6. The molecule has 0 aliphatic carbocycles. The first-order valence-corrected chi connectivity index (χ1v) is 21.6. The van der Waals surface area contributed by atoms with Crippen LogP contribution in [0.25, 0.3) is 76.5 Å². The number of nitrogens with zero attached hydrogens (tertiary/aromatic N) is 10. The summed E-state index contributed by atoms with van der Waals surface area (Å²) in [5, 5.41) is 7.19. The second-order valence-electron chi connectivity index (χ2n) is 16.9. The van der Waals surface area contributed by atoms with E-state index >= 15 is 0 Å². The van der Waals surface area contributed by atoms with Crippen LogP contribution >= 0.6 is 0 Å². The Labute approximate surface area is 368 Å². The van der Waals surface area contributed by atoms with E-state index in [1.807, 2.05) is 0 Å². The van der Waals surface area contributed by atoms with Crippen molar-refractivity contribution in [2.24, 2.45) is 0 Å². The van der Waals surface area contributed by atoms with E-state index in [0.717, 1.165) is 89.0 Å². The van der Waals surface area contributed by atoms with Crippen molar-refractivity contribution in [3.05, 3.63) is 170 Å². The minimum absolute atomic E-state index is 0.216. The van der Waals surface area contributed by atoms with Gasteiger partial charge in [-0.15, -0.1) is 0 Å². The Hall–Kier alpha value is -8.24. The minimum Gasteiger partial charge on any atom is -0.310 e. The lowest BCUT2D eigenvalue weighted by molar-refractivity contribution is 0.875. The summed E-state index contributed by atoms with van der Waals surface area (Å²) < 4.78 is 0. The lowest BCUT2D eigenvalue weighted by Gasteiger charge is -2.31. The fourth-order valence-electron chi connectivity index (χ4n) is 9.55. The molecule has 0 spiro atoms. The van der Waals surface area contributed by atoms with Crippen LogP contribution in [0.3, 0.4) is 0 Å². The molecule has 0 radical (unpaired) electrons. The molecule has 0 atom stereocenters. The van der Waals surface area contributed by atoms with Crippen molar-refractivity contribution >= 4 is 111 Å². The van der Waals surface area contributed by atoms with Gasteiger partial charge in [-0.3, -0.25) is 39.9 Å². The standard InChI is InChI=1S/C54H40N10/c1-31(2)41-29-51(63(33-5-13-43-47(25-33)59-21-17-55-43)34-6-14-44-48(26-34)60-22-18-56-44)39-12-10-38-42(32(3)4)30-52(40-11-9-37(41)53(39)54(38)40)64(35-7-15-45-49(27-35)61-23-19-57-45)36-8-16-46-50(28-36)62-24-20-58-46/h5-32H,1-4H3. The van der Waals surface area contributed by atoms with E-state index < -0.39 is 0 Å². The SMILES string of the molecule is CC(C)c1cc(N(c2ccc3nccnc3c2)c2ccc3nccnc3c2)c2ccc3c(C(C)C)cc(N(c4ccc5nccnc5c4)c4ccc5nccnc5c4)c4ccc1c2c34. The highest BCUT2D eigenvalue weighted by molar-refractivity contribution is 6.29. The number of aromatic nitrogens is 8. The van der Waals surface area contributed by atoms with Crippen LogP contribution in [0.15, 0.2) is 159 Å². The molecule has 4 aromatic heterocycles. The van der Waals surface area contributed by atoms with E-state index in [2.05, 4.69) is 167 Å². The molecule has 8 aromatic carbocycles. The summed E-state index contributed by atoms with van der Waals surface area (Å²) in [4.78, 5) is 42.1. The van der Waals surface area contributed by atoms with Gasteiger partial charge in [-0.1, -0.05) is 52.0 Å². The van der Waals surface area contributed by atoms with Gasteiger partial charge in [0.15, 0.2) is 0 Å². The van der Waals surface area contributed by atoms with Crippen LogP contribution in [0.2, 0.25) is 0 Å². The zero-order valence-corrected chi connectivity index (χ0v) is 35.6. The van der Waals surface area contributed by atoms with Crippen molar-refractivity contribution in [3.8, 4) is 0 Å². The van der Waals surface area contributed by atoms with Crippen molar-refractivity contribution in [2.45, 2.75) is 39.5 Å². The Morgan fingerprint density at radius 2 is 0.562 bits per heavy atom. The first-order chi connectivity index (χ1) is 31.4. The molecule has 0 saturated heterocycles. The van der Waals surface area contributed by atoms with Crippen molar-refractivity contribution < 1.29 is 0 Å². The molecule has 0 unspecified atom stereocenters. The van der Waals surface area contributed by atoms with E-state index in [4.69, 9.17) is 19.9 Å². The van der Waals surface area contributed by atoms with Gasteiger partial charge >= 0.3 is 0 Å². The molecule has 12 rings (SSSR count). The van der Waals surface area contributed by atoms with E-state index in [-0.39, 0.29) is 11.8 Å². The molecule has 0 amide bonds. The van der Waals surface area contributed by atoms with Gasteiger partial charge in [-0.05, 0) is 129 Å². The molecule has 0 saturated carbocycles. The van der Waals surface area contributed by atoms with Gasteiger partial charge in [0.2, 0.25) is 0 Å². The predicted octanol–water partition coefficient (Wildman–Crippen LogP) is 13.5. The highest BCUT2D eigenvalue weighted by Crippen LogP contribution is 2.51. The van der Waals surface area contributed by atoms with Crippen molar-refractivity contribution in [2.75, 3.05) is 9.80 Å². The molecule has 4 heterocycles. The third-order valence-electron chi connectivity index (χ3n) is 12.5. The second-order valence-corrected chi connectivity index (χ2v) is 16.9. The number of hydrogen-bond donors (Lipinski definition) is 0. The van der Waals surface area contributed by atoms with Gasteiger partial charge in [0.05, 0.1) is 55.5 Å². The normalized spacial score (nSPS) is 12.0. The smallest absolute Gasteiger partial charge is 0.0907 e. The van der Waals surface area contributed by atoms with Crippen molar-refractivity contribution in [3.63, 3.8) is 0 Å². The maximum atomic E-state index is 4.74. The van der Waals surface area contributed by atoms with Gasteiger partial charge < -0.3 is 9.80 Å². The van der Waals surface area contributed by atoms with Crippen LogP contribution in [-0.2, 0) is 0 Å². The van der Waals surface area contributed by atoms with E-state index in [1.54, 1.807) is 49.6 Å². The number of benzene rings is 8.